The number of nitrogens with zero attached hydrogens (tertiary/aromatic N) is 1. The van der Waals surface area contributed by atoms with E-state index in [1.54, 1.807) is 0 Å². The zero-order valence-corrected chi connectivity index (χ0v) is 18.5. The van der Waals surface area contributed by atoms with Crippen LogP contribution in [0.1, 0.15) is 40.5 Å². The smallest absolute Gasteiger partial charge is 0.338 e. The number of anilines is 2. The number of sulfonamides is 1. The minimum absolute atomic E-state index is 0.0650. The number of esters is 1. The van der Waals surface area contributed by atoms with Crippen molar-refractivity contribution in [1.82, 2.24) is 0 Å². The van der Waals surface area contributed by atoms with Gasteiger partial charge in [-0.2, -0.15) is 0 Å². The number of ketones is 1. The molecule has 0 spiro atoms. The molecule has 0 saturated carbocycles. The molecule has 0 aromatic heterocycles. The second kappa shape index (κ2) is 9.07. The molecule has 0 unspecified atom stereocenters. The second-order valence-corrected chi connectivity index (χ2v) is 9.33. The van der Waals surface area contributed by atoms with Crippen molar-refractivity contribution in [3.05, 3.63) is 58.6 Å². The second-order valence-electron chi connectivity index (χ2n) is 7.18. The summed E-state index contributed by atoms with van der Waals surface area (Å²) in [5.74, 6) is -1.23. The summed E-state index contributed by atoms with van der Waals surface area (Å²) >= 11 is 6.19. The number of Topliss-reactive ketones (excluding diaryl/α,β-unsaturated/α-hetero) is 1. The van der Waals surface area contributed by atoms with Crippen molar-refractivity contribution < 1.29 is 27.5 Å². The monoisotopic (exact) mass is 464 g/mol. The van der Waals surface area contributed by atoms with E-state index in [2.05, 4.69) is 4.72 Å². The summed E-state index contributed by atoms with van der Waals surface area (Å²) in [5, 5.41) is 0.346. The number of carbonyl (C=O) groups excluding carboxylic acids is 3. The van der Waals surface area contributed by atoms with Gasteiger partial charge < -0.3 is 9.64 Å². The van der Waals surface area contributed by atoms with Gasteiger partial charge in [0.1, 0.15) is 0 Å². The van der Waals surface area contributed by atoms with Crippen molar-refractivity contribution in [2.75, 3.05) is 22.4 Å². The molecule has 1 amide bonds. The number of amides is 1. The molecule has 2 aromatic carbocycles. The predicted molar refractivity (Wildman–Crippen MR) is 117 cm³/mol. The van der Waals surface area contributed by atoms with Crippen LogP contribution in [0.4, 0.5) is 11.4 Å². The molecule has 8 nitrogen and oxygen atoms in total. The molecule has 0 radical (unpaired) electrons. The first-order chi connectivity index (χ1) is 14.5. The molecule has 2 aromatic rings. The summed E-state index contributed by atoms with van der Waals surface area (Å²) in [6.45, 7) is 1.97. The Morgan fingerprint density at radius 3 is 2.35 bits per heavy atom. The lowest BCUT2D eigenvalue weighted by Gasteiger charge is -2.18. The molecular formula is C21H21ClN2O6S. The largest absolute Gasteiger partial charge is 0.451 e. The number of nitrogens with one attached hydrogen (secondary N) is 1. The van der Waals surface area contributed by atoms with Gasteiger partial charge in [0.05, 0.1) is 22.5 Å². The SMILES string of the molecule is C[C@@H](OC(=O)c1ccc(Cl)c(N2CCCC2=O)c1)C(=O)c1ccc(NS(C)(=O)=O)cc1. The molecule has 1 aliphatic rings. The number of carbonyl (C=O) groups is 3. The van der Waals surface area contributed by atoms with Crippen molar-refractivity contribution in [1.29, 1.82) is 0 Å². The van der Waals surface area contributed by atoms with Gasteiger partial charge in [0.2, 0.25) is 21.7 Å². The van der Waals surface area contributed by atoms with Crippen LogP contribution in [0.15, 0.2) is 42.5 Å². The first kappa shape index (κ1) is 22.8. The van der Waals surface area contributed by atoms with E-state index in [1.165, 1.54) is 54.3 Å². The Balaban J connectivity index is 1.70. The average Bonchev–Trinajstić information content (AvgIpc) is 3.12. The van der Waals surface area contributed by atoms with Crippen LogP contribution in [0.3, 0.4) is 0 Å². The molecule has 1 heterocycles. The maximum Gasteiger partial charge on any atom is 0.338 e. The van der Waals surface area contributed by atoms with Crippen LogP contribution in [0, 0.1) is 0 Å². The van der Waals surface area contributed by atoms with Crippen molar-refractivity contribution in [2.45, 2.75) is 25.9 Å². The Morgan fingerprint density at radius 1 is 1.13 bits per heavy atom. The van der Waals surface area contributed by atoms with Gasteiger partial charge in [-0.05, 0) is 55.8 Å². The van der Waals surface area contributed by atoms with E-state index in [4.69, 9.17) is 16.3 Å². The highest BCUT2D eigenvalue weighted by Gasteiger charge is 2.26. The Kier molecular flexibility index (Phi) is 6.66. The summed E-state index contributed by atoms with van der Waals surface area (Å²) < 4.78 is 30.1. The highest BCUT2D eigenvalue weighted by Crippen LogP contribution is 2.30. The van der Waals surface area contributed by atoms with Crippen LogP contribution < -0.4 is 9.62 Å². The summed E-state index contributed by atoms with van der Waals surface area (Å²) in [6, 6.07) is 10.2. The van der Waals surface area contributed by atoms with E-state index in [0.29, 0.717) is 35.8 Å². The van der Waals surface area contributed by atoms with Crippen LogP contribution in [-0.2, 0) is 19.6 Å². The third-order valence-electron chi connectivity index (χ3n) is 4.67. The minimum atomic E-state index is -3.43. The molecular weight excluding hydrogens is 444 g/mol. The number of rotatable bonds is 7. The zero-order chi connectivity index (χ0) is 22.8. The zero-order valence-electron chi connectivity index (χ0n) is 16.9. The normalized spacial score (nSPS) is 14.9. The number of benzene rings is 2. The van der Waals surface area contributed by atoms with E-state index in [9.17, 15) is 22.8 Å². The van der Waals surface area contributed by atoms with Crippen molar-refractivity contribution in [2.24, 2.45) is 0 Å². The summed E-state index contributed by atoms with van der Waals surface area (Å²) in [5.41, 5.74) is 1.19. The Morgan fingerprint density at radius 2 is 1.77 bits per heavy atom. The summed E-state index contributed by atoms with van der Waals surface area (Å²) in [4.78, 5) is 38.7. The number of hydrogen-bond donors (Lipinski definition) is 1. The van der Waals surface area contributed by atoms with Crippen LogP contribution in [0.2, 0.25) is 5.02 Å². The molecule has 1 saturated heterocycles. The molecule has 31 heavy (non-hydrogen) atoms. The van der Waals surface area contributed by atoms with E-state index < -0.39 is 27.9 Å². The van der Waals surface area contributed by atoms with E-state index in [0.717, 1.165) is 6.26 Å². The van der Waals surface area contributed by atoms with Gasteiger partial charge >= 0.3 is 5.97 Å². The Labute approximate surface area is 185 Å². The Hall–Kier alpha value is -2.91. The highest BCUT2D eigenvalue weighted by atomic mass is 35.5. The lowest BCUT2D eigenvalue weighted by atomic mass is 10.1. The molecule has 1 atom stereocenters. The molecule has 164 valence electrons. The molecule has 1 fully saturated rings. The van der Waals surface area contributed by atoms with Crippen LogP contribution in [-0.4, -0.2) is 45.0 Å². The molecule has 0 bridgehead atoms. The average molecular weight is 465 g/mol. The van der Waals surface area contributed by atoms with Gasteiger partial charge in [0, 0.05) is 24.2 Å². The maximum atomic E-state index is 12.6. The fourth-order valence-electron chi connectivity index (χ4n) is 3.18. The lowest BCUT2D eigenvalue weighted by Crippen LogP contribution is -2.26. The first-order valence-electron chi connectivity index (χ1n) is 9.48. The van der Waals surface area contributed by atoms with Crippen molar-refractivity contribution in [3.8, 4) is 0 Å². The topological polar surface area (TPSA) is 110 Å². The molecule has 3 rings (SSSR count). The number of halogens is 1. The van der Waals surface area contributed by atoms with Crippen molar-refractivity contribution >= 4 is 50.7 Å². The molecule has 10 heteroatoms. The summed E-state index contributed by atoms with van der Waals surface area (Å²) in [6.07, 6.45) is 1.09. The fourth-order valence-corrected chi connectivity index (χ4v) is 3.97. The molecule has 1 N–H and O–H groups in total. The first-order valence-corrected chi connectivity index (χ1v) is 11.7. The third kappa shape index (κ3) is 5.62. The van der Waals surface area contributed by atoms with E-state index in [1.807, 2.05) is 0 Å². The number of hydrogen-bond acceptors (Lipinski definition) is 6. The lowest BCUT2D eigenvalue weighted by molar-refractivity contribution is -0.117. The van der Waals surface area contributed by atoms with Gasteiger partial charge in [0.15, 0.2) is 6.10 Å². The van der Waals surface area contributed by atoms with Gasteiger partial charge in [0.25, 0.3) is 0 Å². The van der Waals surface area contributed by atoms with Crippen molar-refractivity contribution in [3.63, 3.8) is 0 Å². The van der Waals surface area contributed by atoms with E-state index >= 15 is 0 Å². The van der Waals surface area contributed by atoms with Crippen LogP contribution in [0.25, 0.3) is 0 Å². The quantitative estimate of drug-likeness (QED) is 0.497. The van der Waals surface area contributed by atoms with Gasteiger partial charge in [-0.1, -0.05) is 11.6 Å². The maximum absolute atomic E-state index is 12.6. The van der Waals surface area contributed by atoms with E-state index in [-0.39, 0.29) is 17.0 Å². The Bertz CT molecular complexity index is 1130. The minimum Gasteiger partial charge on any atom is -0.451 e. The molecule has 1 aliphatic heterocycles. The number of ether oxygens (including phenoxy) is 1. The van der Waals surface area contributed by atoms with Crippen LogP contribution in [0.5, 0.6) is 0 Å². The fraction of sp³-hybridized carbons (Fsp3) is 0.286. The van der Waals surface area contributed by atoms with Gasteiger partial charge in [-0.25, -0.2) is 13.2 Å². The van der Waals surface area contributed by atoms with Crippen LogP contribution >= 0.6 is 11.6 Å². The third-order valence-corrected chi connectivity index (χ3v) is 5.60. The predicted octanol–water partition coefficient (Wildman–Crippen LogP) is 3.27. The highest BCUT2D eigenvalue weighted by molar-refractivity contribution is 7.92. The van der Waals surface area contributed by atoms with Gasteiger partial charge in [-0.3, -0.25) is 14.3 Å². The van der Waals surface area contributed by atoms with Gasteiger partial charge in [-0.15, -0.1) is 0 Å². The summed E-state index contributed by atoms with van der Waals surface area (Å²) in [7, 11) is -3.43. The standard InChI is InChI=1S/C21H21ClN2O6S/c1-13(20(26)14-5-8-16(9-6-14)23-31(2,28)29)30-21(27)15-7-10-17(22)18(12-15)24-11-3-4-19(24)25/h5-10,12-13,23H,3-4,11H2,1-2H3/t13-/m1/s1. The molecule has 0 aliphatic carbocycles.